The average Bonchev–Trinajstić information content (AvgIpc) is 2.35. The van der Waals surface area contributed by atoms with Crippen LogP contribution in [0.5, 0.6) is 0 Å². The van der Waals surface area contributed by atoms with E-state index in [2.05, 4.69) is 31.1 Å². The first-order valence-corrected chi connectivity index (χ1v) is 7.65. The van der Waals surface area contributed by atoms with E-state index < -0.39 is 0 Å². The molecule has 1 fully saturated rings. The normalized spacial score (nSPS) is 19.8. The van der Waals surface area contributed by atoms with Crippen LogP contribution in [0, 0.1) is 5.92 Å². The van der Waals surface area contributed by atoms with Crippen molar-refractivity contribution in [2.45, 2.75) is 64.8 Å². The molecule has 17 heavy (non-hydrogen) atoms. The maximum absolute atomic E-state index is 3.56. The van der Waals surface area contributed by atoms with Crippen LogP contribution in [0.3, 0.4) is 0 Å². The third-order valence-electron chi connectivity index (χ3n) is 4.17. The van der Waals surface area contributed by atoms with E-state index in [0.29, 0.717) is 6.04 Å². The van der Waals surface area contributed by atoms with Gasteiger partial charge in [-0.25, -0.2) is 0 Å². The zero-order chi connectivity index (χ0) is 12.5. The fourth-order valence-corrected chi connectivity index (χ4v) is 2.73. The van der Waals surface area contributed by atoms with E-state index in [0.717, 1.165) is 12.5 Å². The molecule has 0 aromatic heterocycles. The van der Waals surface area contributed by atoms with Gasteiger partial charge < -0.3 is 10.2 Å². The van der Waals surface area contributed by atoms with Gasteiger partial charge in [-0.1, -0.05) is 32.6 Å². The summed E-state index contributed by atoms with van der Waals surface area (Å²) < 4.78 is 0. The summed E-state index contributed by atoms with van der Waals surface area (Å²) in [6.07, 6.45) is 9.90. The Morgan fingerprint density at radius 3 is 2.59 bits per heavy atom. The van der Waals surface area contributed by atoms with Crippen molar-refractivity contribution in [1.29, 1.82) is 0 Å². The molecule has 0 aromatic carbocycles. The van der Waals surface area contributed by atoms with E-state index in [1.165, 1.54) is 58.0 Å². The predicted octanol–water partition coefficient (Wildman–Crippen LogP) is 3.28. The van der Waals surface area contributed by atoms with Crippen LogP contribution in [0.15, 0.2) is 0 Å². The van der Waals surface area contributed by atoms with Crippen molar-refractivity contribution >= 4 is 0 Å². The number of hydrogen-bond donors (Lipinski definition) is 1. The van der Waals surface area contributed by atoms with Crippen molar-refractivity contribution in [3.8, 4) is 0 Å². The third kappa shape index (κ3) is 6.42. The molecule has 2 nitrogen and oxygen atoms in total. The molecule has 102 valence electrons. The summed E-state index contributed by atoms with van der Waals surface area (Å²) >= 11 is 0. The van der Waals surface area contributed by atoms with Gasteiger partial charge in [-0.2, -0.15) is 0 Å². The lowest BCUT2D eigenvalue weighted by atomic mass is 9.89. The van der Waals surface area contributed by atoms with Crippen molar-refractivity contribution in [3.05, 3.63) is 0 Å². The molecule has 1 atom stereocenters. The van der Waals surface area contributed by atoms with E-state index in [4.69, 9.17) is 0 Å². The van der Waals surface area contributed by atoms with Crippen LogP contribution < -0.4 is 5.32 Å². The van der Waals surface area contributed by atoms with Crippen LogP contribution >= 0.6 is 0 Å². The fourth-order valence-electron chi connectivity index (χ4n) is 2.73. The Morgan fingerprint density at radius 2 is 1.94 bits per heavy atom. The van der Waals surface area contributed by atoms with E-state index >= 15 is 0 Å². The lowest BCUT2D eigenvalue weighted by Gasteiger charge is -2.31. The largest absolute Gasteiger partial charge is 0.315 e. The van der Waals surface area contributed by atoms with E-state index in [-0.39, 0.29) is 0 Å². The molecule has 0 heterocycles. The topological polar surface area (TPSA) is 15.3 Å². The zero-order valence-corrected chi connectivity index (χ0v) is 12.2. The molecule has 0 amide bonds. The predicted molar refractivity (Wildman–Crippen MR) is 76.4 cm³/mol. The Kier molecular flexibility index (Phi) is 7.87. The van der Waals surface area contributed by atoms with E-state index in [1.807, 2.05) is 0 Å². The van der Waals surface area contributed by atoms with Crippen LogP contribution in [0.1, 0.15) is 58.8 Å². The molecule has 1 rings (SSSR count). The smallest absolute Gasteiger partial charge is 0.0189 e. The quantitative estimate of drug-likeness (QED) is 0.655. The Balaban J connectivity index is 2.10. The molecular weight excluding hydrogens is 208 g/mol. The van der Waals surface area contributed by atoms with Gasteiger partial charge in [0.15, 0.2) is 0 Å². The van der Waals surface area contributed by atoms with Gasteiger partial charge in [0.1, 0.15) is 0 Å². The highest BCUT2D eigenvalue weighted by Gasteiger charge is 2.17. The minimum absolute atomic E-state index is 0.675. The van der Waals surface area contributed by atoms with Gasteiger partial charge in [-0.05, 0) is 45.7 Å². The van der Waals surface area contributed by atoms with Gasteiger partial charge in [-0.3, -0.25) is 0 Å². The number of hydrogen-bond acceptors (Lipinski definition) is 2. The van der Waals surface area contributed by atoms with Crippen LogP contribution in [0.25, 0.3) is 0 Å². The molecule has 1 saturated carbocycles. The van der Waals surface area contributed by atoms with Crippen LogP contribution in [0.4, 0.5) is 0 Å². The van der Waals surface area contributed by atoms with Crippen molar-refractivity contribution < 1.29 is 0 Å². The first-order chi connectivity index (χ1) is 8.24. The van der Waals surface area contributed by atoms with Gasteiger partial charge >= 0.3 is 0 Å². The number of nitrogens with zero attached hydrogens (tertiary/aromatic N) is 1. The summed E-state index contributed by atoms with van der Waals surface area (Å²) in [6, 6.07) is 0.675. The summed E-state index contributed by atoms with van der Waals surface area (Å²) in [5, 5.41) is 3.56. The number of nitrogens with one attached hydrogen (secondary N) is 1. The van der Waals surface area contributed by atoms with Crippen molar-refractivity contribution in [3.63, 3.8) is 0 Å². The maximum atomic E-state index is 3.56. The molecule has 1 aliphatic carbocycles. The molecule has 0 saturated heterocycles. The Bertz CT molecular complexity index is 176. The summed E-state index contributed by atoms with van der Waals surface area (Å²) in [7, 11) is 2.29. The Labute approximate surface area is 108 Å². The van der Waals surface area contributed by atoms with E-state index in [1.54, 1.807) is 0 Å². The molecular formula is C15H32N2. The van der Waals surface area contributed by atoms with Crippen LogP contribution in [0.2, 0.25) is 0 Å². The number of unbranched alkanes of at least 4 members (excludes halogenated alkanes) is 1. The van der Waals surface area contributed by atoms with Gasteiger partial charge in [0, 0.05) is 19.1 Å². The second-order valence-electron chi connectivity index (χ2n) is 5.85. The van der Waals surface area contributed by atoms with Crippen molar-refractivity contribution in [2.75, 3.05) is 26.7 Å². The fraction of sp³-hybridized carbons (Fsp3) is 1.00. The average molecular weight is 240 g/mol. The summed E-state index contributed by atoms with van der Waals surface area (Å²) in [5.41, 5.74) is 0. The zero-order valence-electron chi connectivity index (χ0n) is 12.2. The highest BCUT2D eigenvalue weighted by Crippen LogP contribution is 2.24. The monoisotopic (exact) mass is 240 g/mol. The second-order valence-corrected chi connectivity index (χ2v) is 5.85. The van der Waals surface area contributed by atoms with Gasteiger partial charge in [0.05, 0.1) is 0 Å². The summed E-state index contributed by atoms with van der Waals surface area (Å²) in [4.78, 5) is 2.55. The standard InChI is InChI=1S/C15H32N2/c1-4-5-11-16-12-14(2)17(3)13-15-9-7-6-8-10-15/h14-16H,4-13H2,1-3H3. The first kappa shape index (κ1) is 15.0. The number of rotatable bonds is 8. The first-order valence-electron chi connectivity index (χ1n) is 7.65. The molecule has 0 spiro atoms. The highest BCUT2D eigenvalue weighted by atomic mass is 15.1. The molecule has 0 aromatic rings. The van der Waals surface area contributed by atoms with E-state index in [9.17, 15) is 0 Å². The Hall–Kier alpha value is -0.0800. The van der Waals surface area contributed by atoms with Gasteiger partial charge in [0.2, 0.25) is 0 Å². The lowest BCUT2D eigenvalue weighted by molar-refractivity contribution is 0.188. The minimum Gasteiger partial charge on any atom is -0.315 e. The molecule has 0 radical (unpaired) electrons. The van der Waals surface area contributed by atoms with Gasteiger partial charge in [-0.15, -0.1) is 0 Å². The van der Waals surface area contributed by atoms with Crippen LogP contribution in [-0.4, -0.2) is 37.6 Å². The molecule has 1 N–H and O–H groups in total. The SMILES string of the molecule is CCCCNCC(C)N(C)CC1CCCCC1. The summed E-state index contributed by atoms with van der Waals surface area (Å²) in [6.45, 7) is 8.22. The van der Waals surface area contributed by atoms with Crippen molar-refractivity contribution in [1.82, 2.24) is 10.2 Å². The molecule has 0 aliphatic heterocycles. The lowest BCUT2D eigenvalue weighted by Crippen LogP contribution is -2.40. The maximum Gasteiger partial charge on any atom is 0.0189 e. The third-order valence-corrected chi connectivity index (χ3v) is 4.17. The molecule has 2 heteroatoms. The second kappa shape index (κ2) is 8.93. The highest BCUT2D eigenvalue weighted by molar-refractivity contribution is 4.73. The molecule has 1 unspecified atom stereocenters. The molecule has 1 aliphatic rings. The number of likely N-dealkylation sites (N-methyl/N-ethyl adjacent to an activating group) is 1. The molecule has 0 bridgehead atoms. The van der Waals surface area contributed by atoms with Gasteiger partial charge in [0.25, 0.3) is 0 Å². The Morgan fingerprint density at radius 1 is 1.24 bits per heavy atom. The van der Waals surface area contributed by atoms with Crippen LogP contribution in [-0.2, 0) is 0 Å². The minimum atomic E-state index is 0.675. The summed E-state index contributed by atoms with van der Waals surface area (Å²) in [5.74, 6) is 0.965. The van der Waals surface area contributed by atoms with Crippen molar-refractivity contribution in [2.24, 2.45) is 5.92 Å².